The lowest BCUT2D eigenvalue weighted by molar-refractivity contribution is -0.116. The standard InChI is InChI=1S/C23H20N4O3/c28-22(20(16-8-3-1-4-9-16)17-10-5-2-6-11-17)26-19-15-25-27-21(19)23(29)24-14-18-12-7-13-30-18/h1-13,15,20H,14H2,(H,24,29)(H,25,27)(H,26,28). The molecule has 2 amide bonds. The number of anilines is 1. The Morgan fingerprint density at radius 1 is 0.933 bits per heavy atom. The molecule has 7 heteroatoms. The van der Waals surface area contributed by atoms with Crippen molar-refractivity contribution >= 4 is 17.5 Å². The minimum Gasteiger partial charge on any atom is -0.467 e. The Hall–Kier alpha value is -4.13. The summed E-state index contributed by atoms with van der Waals surface area (Å²) in [7, 11) is 0. The van der Waals surface area contributed by atoms with Crippen molar-refractivity contribution in [3.8, 4) is 0 Å². The van der Waals surface area contributed by atoms with E-state index in [4.69, 9.17) is 4.42 Å². The van der Waals surface area contributed by atoms with Gasteiger partial charge in [-0.15, -0.1) is 0 Å². The third-order valence-corrected chi connectivity index (χ3v) is 4.64. The smallest absolute Gasteiger partial charge is 0.274 e. The third-order valence-electron chi connectivity index (χ3n) is 4.64. The summed E-state index contributed by atoms with van der Waals surface area (Å²) < 4.78 is 5.21. The van der Waals surface area contributed by atoms with E-state index in [0.29, 0.717) is 11.4 Å². The molecule has 4 rings (SSSR count). The number of furan rings is 1. The van der Waals surface area contributed by atoms with Gasteiger partial charge in [0, 0.05) is 6.20 Å². The van der Waals surface area contributed by atoms with E-state index in [-0.39, 0.29) is 18.1 Å². The molecule has 30 heavy (non-hydrogen) atoms. The molecule has 0 aliphatic heterocycles. The Balaban J connectivity index is 1.54. The van der Waals surface area contributed by atoms with Gasteiger partial charge in [0.15, 0.2) is 5.69 Å². The van der Waals surface area contributed by atoms with Gasteiger partial charge in [-0.2, -0.15) is 5.10 Å². The van der Waals surface area contributed by atoms with Gasteiger partial charge in [0.05, 0.1) is 24.4 Å². The first-order valence-corrected chi connectivity index (χ1v) is 9.47. The maximum Gasteiger partial charge on any atom is 0.274 e. The highest BCUT2D eigenvalue weighted by molar-refractivity contribution is 6.04. The highest BCUT2D eigenvalue weighted by Gasteiger charge is 2.25. The molecule has 0 spiro atoms. The number of amides is 2. The first-order valence-electron chi connectivity index (χ1n) is 9.47. The monoisotopic (exact) mass is 400 g/mol. The van der Waals surface area contributed by atoms with E-state index in [1.54, 1.807) is 12.1 Å². The van der Waals surface area contributed by atoms with Crippen molar-refractivity contribution < 1.29 is 14.0 Å². The predicted molar refractivity (Wildman–Crippen MR) is 112 cm³/mol. The van der Waals surface area contributed by atoms with E-state index in [1.807, 2.05) is 60.7 Å². The van der Waals surface area contributed by atoms with Crippen LogP contribution in [-0.4, -0.2) is 22.0 Å². The molecule has 3 N–H and O–H groups in total. The second-order valence-corrected chi connectivity index (χ2v) is 6.65. The summed E-state index contributed by atoms with van der Waals surface area (Å²) in [5, 5.41) is 12.2. The Kier molecular flexibility index (Phi) is 5.70. The van der Waals surface area contributed by atoms with Crippen LogP contribution in [0.5, 0.6) is 0 Å². The molecule has 0 saturated carbocycles. The molecule has 2 aromatic carbocycles. The maximum atomic E-state index is 13.2. The average molecular weight is 400 g/mol. The molecule has 150 valence electrons. The second kappa shape index (κ2) is 8.91. The fraction of sp³-hybridized carbons (Fsp3) is 0.0870. The second-order valence-electron chi connectivity index (χ2n) is 6.65. The summed E-state index contributed by atoms with van der Waals surface area (Å²) in [6.07, 6.45) is 3.03. The Bertz CT molecular complexity index is 1070. The molecule has 0 saturated heterocycles. The topological polar surface area (TPSA) is 100 Å². The number of H-pyrrole nitrogens is 1. The lowest BCUT2D eigenvalue weighted by Crippen LogP contribution is -2.26. The molecule has 7 nitrogen and oxygen atoms in total. The summed E-state index contributed by atoms with van der Waals surface area (Å²) in [5.74, 6) is -0.577. The van der Waals surface area contributed by atoms with Crippen LogP contribution in [0.25, 0.3) is 0 Å². The van der Waals surface area contributed by atoms with Gasteiger partial charge < -0.3 is 15.1 Å². The van der Waals surface area contributed by atoms with Crippen LogP contribution in [0.2, 0.25) is 0 Å². The van der Waals surface area contributed by atoms with Crippen molar-refractivity contribution in [1.29, 1.82) is 0 Å². The first-order chi connectivity index (χ1) is 14.7. The van der Waals surface area contributed by atoms with E-state index in [1.165, 1.54) is 12.5 Å². The SMILES string of the molecule is O=C(NCc1ccco1)c1n[nH]cc1NC(=O)C(c1ccccc1)c1ccccc1. The quantitative estimate of drug-likeness (QED) is 0.440. The van der Waals surface area contributed by atoms with Crippen molar-refractivity contribution in [2.45, 2.75) is 12.5 Å². The predicted octanol–water partition coefficient (Wildman–Crippen LogP) is 3.70. The van der Waals surface area contributed by atoms with Gasteiger partial charge in [-0.25, -0.2) is 0 Å². The van der Waals surface area contributed by atoms with Crippen molar-refractivity contribution in [1.82, 2.24) is 15.5 Å². The van der Waals surface area contributed by atoms with Gasteiger partial charge in [0.2, 0.25) is 5.91 Å². The summed E-state index contributed by atoms with van der Waals surface area (Å²) in [6, 6.07) is 22.5. The van der Waals surface area contributed by atoms with E-state index in [0.717, 1.165) is 11.1 Å². The normalized spacial score (nSPS) is 10.7. The molecule has 0 atom stereocenters. The maximum absolute atomic E-state index is 13.2. The van der Waals surface area contributed by atoms with Crippen LogP contribution in [-0.2, 0) is 11.3 Å². The van der Waals surface area contributed by atoms with Crippen LogP contribution in [0.4, 0.5) is 5.69 Å². The zero-order valence-electron chi connectivity index (χ0n) is 16.0. The Morgan fingerprint density at radius 2 is 1.60 bits per heavy atom. The van der Waals surface area contributed by atoms with Crippen molar-refractivity contribution in [2.24, 2.45) is 0 Å². The molecular formula is C23H20N4O3. The summed E-state index contributed by atoms with van der Waals surface area (Å²) in [6.45, 7) is 0.225. The highest BCUT2D eigenvalue weighted by atomic mass is 16.3. The number of aromatic nitrogens is 2. The van der Waals surface area contributed by atoms with Crippen LogP contribution < -0.4 is 10.6 Å². The van der Waals surface area contributed by atoms with Crippen molar-refractivity contribution in [2.75, 3.05) is 5.32 Å². The Labute approximate surface area is 173 Å². The van der Waals surface area contributed by atoms with E-state index >= 15 is 0 Å². The van der Waals surface area contributed by atoms with E-state index in [9.17, 15) is 9.59 Å². The van der Waals surface area contributed by atoms with Gasteiger partial charge in [0.25, 0.3) is 5.91 Å². The van der Waals surface area contributed by atoms with Gasteiger partial charge in [-0.3, -0.25) is 14.7 Å². The summed E-state index contributed by atoms with van der Waals surface area (Å²) in [4.78, 5) is 25.8. The molecule has 2 heterocycles. The highest BCUT2D eigenvalue weighted by Crippen LogP contribution is 2.26. The number of hydrogen-bond donors (Lipinski definition) is 3. The van der Waals surface area contributed by atoms with Crippen LogP contribution in [0.3, 0.4) is 0 Å². The first kappa shape index (κ1) is 19.2. The third kappa shape index (κ3) is 4.30. The average Bonchev–Trinajstić information content (AvgIpc) is 3.46. The summed E-state index contributed by atoms with van der Waals surface area (Å²) >= 11 is 0. The van der Waals surface area contributed by atoms with Crippen molar-refractivity contribution in [3.63, 3.8) is 0 Å². The van der Waals surface area contributed by atoms with Crippen LogP contribution >= 0.6 is 0 Å². The number of nitrogens with zero attached hydrogens (tertiary/aromatic N) is 1. The molecule has 0 unspecified atom stereocenters. The fourth-order valence-corrected chi connectivity index (χ4v) is 3.21. The van der Waals surface area contributed by atoms with E-state index in [2.05, 4.69) is 20.8 Å². The van der Waals surface area contributed by atoms with Gasteiger partial charge in [-0.05, 0) is 23.3 Å². The molecule has 0 aliphatic rings. The van der Waals surface area contributed by atoms with Gasteiger partial charge >= 0.3 is 0 Å². The van der Waals surface area contributed by atoms with Gasteiger partial charge in [0.1, 0.15) is 5.76 Å². The zero-order chi connectivity index (χ0) is 20.8. The molecular weight excluding hydrogens is 380 g/mol. The number of rotatable bonds is 7. The minimum atomic E-state index is -0.527. The summed E-state index contributed by atoms with van der Waals surface area (Å²) in [5.41, 5.74) is 2.13. The fourth-order valence-electron chi connectivity index (χ4n) is 3.21. The lowest BCUT2D eigenvalue weighted by atomic mass is 9.90. The van der Waals surface area contributed by atoms with Crippen LogP contribution in [0.1, 0.15) is 33.3 Å². The van der Waals surface area contributed by atoms with Crippen LogP contribution in [0, 0.1) is 0 Å². The van der Waals surface area contributed by atoms with Gasteiger partial charge in [-0.1, -0.05) is 60.7 Å². The molecule has 0 radical (unpaired) electrons. The number of aromatic amines is 1. The van der Waals surface area contributed by atoms with Crippen molar-refractivity contribution in [3.05, 3.63) is 108 Å². The number of hydrogen-bond acceptors (Lipinski definition) is 4. The molecule has 2 aromatic heterocycles. The van der Waals surface area contributed by atoms with Crippen LogP contribution in [0.15, 0.2) is 89.7 Å². The molecule has 4 aromatic rings. The lowest BCUT2D eigenvalue weighted by Gasteiger charge is -2.17. The minimum absolute atomic E-state index is 0.106. The number of carbonyl (C=O) groups is 2. The largest absolute Gasteiger partial charge is 0.467 e. The number of nitrogens with one attached hydrogen (secondary N) is 3. The van der Waals surface area contributed by atoms with E-state index < -0.39 is 11.8 Å². The number of carbonyl (C=O) groups excluding carboxylic acids is 2. The zero-order valence-corrected chi connectivity index (χ0v) is 16.0. The molecule has 0 fully saturated rings. The molecule has 0 bridgehead atoms. The number of benzene rings is 2. The Morgan fingerprint density at radius 3 is 2.20 bits per heavy atom. The molecule has 0 aliphatic carbocycles.